The summed E-state index contributed by atoms with van der Waals surface area (Å²) in [6.45, 7) is 4.59. The van der Waals surface area contributed by atoms with E-state index in [1.807, 2.05) is 38.1 Å². The van der Waals surface area contributed by atoms with Crippen LogP contribution in [0.3, 0.4) is 0 Å². The predicted octanol–water partition coefficient (Wildman–Crippen LogP) is 2.45. The van der Waals surface area contributed by atoms with Crippen molar-refractivity contribution in [1.29, 1.82) is 0 Å². The summed E-state index contributed by atoms with van der Waals surface area (Å²) in [6.07, 6.45) is 0.481. The van der Waals surface area contributed by atoms with Crippen LogP contribution in [-0.4, -0.2) is 29.1 Å². The normalized spacial score (nSPS) is 16.5. The number of carbonyl (C=O) groups is 1. The van der Waals surface area contributed by atoms with Gasteiger partial charge in [0.2, 0.25) is 5.91 Å². The van der Waals surface area contributed by atoms with Gasteiger partial charge in [0.1, 0.15) is 0 Å². The first kappa shape index (κ1) is 14.6. The molecule has 0 atom stereocenters. The number of amidine groups is 1. The van der Waals surface area contributed by atoms with Gasteiger partial charge in [-0.25, -0.2) is 0 Å². The van der Waals surface area contributed by atoms with Gasteiger partial charge in [-0.05, 0) is 24.6 Å². The van der Waals surface area contributed by atoms with Gasteiger partial charge in [0.05, 0.1) is 5.71 Å². The lowest BCUT2D eigenvalue weighted by atomic mass is 10.1. The second-order valence-corrected chi connectivity index (χ2v) is 5.18. The Balaban J connectivity index is 2.04. The summed E-state index contributed by atoms with van der Waals surface area (Å²) in [7, 11) is 0. The molecule has 0 fully saturated rings. The van der Waals surface area contributed by atoms with Crippen LogP contribution in [0.4, 0.5) is 5.69 Å². The summed E-state index contributed by atoms with van der Waals surface area (Å²) in [4.78, 5) is 15.6. The lowest BCUT2D eigenvalue weighted by molar-refractivity contribution is -0.115. The predicted molar refractivity (Wildman–Crippen MR) is 85.5 cm³/mol. The van der Waals surface area contributed by atoms with Gasteiger partial charge in [0.25, 0.3) is 0 Å². The summed E-state index contributed by atoms with van der Waals surface area (Å²) in [6, 6.07) is 7.72. The third kappa shape index (κ3) is 3.84. The van der Waals surface area contributed by atoms with Crippen LogP contribution in [0.15, 0.2) is 34.4 Å². The molecule has 0 saturated carbocycles. The Morgan fingerprint density at radius 2 is 2.15 bits per heavy atom. The van der Waals surface area contributed by atoms with Crippen LogP contribution in [-0.2, 0) is 4.79 Å². The molecule has 20 heavy (non-hydrogen) atoms. The molecule has 1 amide bonds. The minimum absolute atomic E-state index is 0.0189. The second kappa shape index (κ2) is 7.09. The summed E-state index contributed by atoms with van der Waals surface area (Å²) < 4.78 is 0. The van der Waals surface area contributed by atoms with Crippen molar-refractivity contribution >= 4 is 34.2 Å². The first-order valence-corrected chi connectivity index (χ1v) is 7.61. The first-order valence-electron chi connectivity index (χ1n) is 6.63. The summed E-state index contributed by atoms with van der Waals surface area (Å²) >= 11 is 1.65. The number of hydrogen-bond donors (Lipinski definition) is 2. The number of thioether (sulfide) groups is 1. The van der Waals surface area contributed by atoms with Crippen molar-refractivity contribution in [3.05, 3.63) is 29.8 Å². The van der Waals surface area contributed by atoms with Crippen LogP contribution in [0.1, 0.15) is 25.8 Å². The molecule has 1 aliphatic heterocycles. The van der Waals surface area contributed by atoms with E-state index < -0.39 is 0 Å². The fraction of sp³-hybridized carbons (Fsp3) is 0.357. The topological polar surface area (TPSA) is 65.8 Å². The molecule has 0 aromatic heterocycles. The standard InChI is InChI=1S/C14H18N4OS/c1-3-13(19)16-11-7-5-10(6-8-11)12-9-20-14(15-4-2)18-17-12/h5-8H,3-4,9H2,1-2H3,(H,15,18)(H,16,19). The smallest absolute Gasteiger partial charge is 0.224 e. The van der Waals surface area contributed by atoms with E-state index in [0.29, 0.717) is 6.42 Å². The van der Waals surface area contributed by atoms with E-state index in [1.54, 1.807) is 11.8 Å². The van der Waals surface area contributed by atoms with Gasteiger partial charge in [0, 0.05) is 24.4 Å². The number of hydrazone groups is 1. The first-order chi connectivity index (χ1) is 9.72. The van der Waals surface area contributed by atoms with Crippen LogP contribution in [0.2, 0.25) is 0 Å². The number of nitrogens with zero attached hydrogens (tertiary/aromatic N) is 2. The Bertz CT molecular complexity index is 537. The molecule has 6 heteroatoms. The zero-order chi connectivity index (χ0) is 14.4. The highest BCUT2D eigenvalue weighted by atomic mass is 32.2. The monoisotopic (exact) mass is 290 g/mol. The Hall–Kier alpha value is -1.82. The van der Waals surface area contributed by atoms with E-state index in [4.69, 9.17) is 0 Å². The number of carbonyl (C=O) groups excluding carboxylic acids is 1. The van der Waals surface area contributed by atoms with Crippen LogP contribution in [0, 0.1) is 0 Å². The molecular weight excluding hydrogens is 272 g/mol. The van der Waals surface area contributed by atoms with Gasteiger partial charge in [-0.2, -0.15) is 5.10 Å². The molecule has 0 unspecified atom stereocenters. The minimum Gasteiger partial charge on any atom is -0.326 e. The molecule has 0 radical (unpaired) electrons. The molecule has 1 aromatic rings. The molecule has 1 aliphatic rings. The average Bonchev–Trinajstić information content (AvgIpc) is 2.49. The Kier molecular flexibility index (Phi) is 5.17. The van der Waals surface area contributed by atoms with Crippen molar-refractivity contribution in [2.75, 3.05) is 17.6 Å². The maximum absolute atomic E-state index is 11.3. The number of rotatable bonds is 4. The zero-order valence-corrected chi connectivity index (χ0v) is 12.5. The van der Waals surface area contributed by atoms with Gasteiger partial charge in [-0.3, -0.25) is 15.2 Å². The van der Waals surface area contributed by atoms with E-state index in [1.165, 1.54) is 0 Å². The highest BCUT2D eigenvalue weighted by Gasteiger charge is 2.12. The highest BCUT2D eigenvalue weighted by molar-refractivity contribution is 8.14. The fourth-order valence-electron chi connectivity index (χ4n) is 1.68. The van der Waals surface area contributed by atoms with Crippen LogP contribution < -0.4 is 10.7 Å². The maximum Gasteiger partial charge on any atom is 0.224 e. The van der Waals surface area contributed by atoms with E-state index >= 15 is 0 Å². The summed E-state index contributed by atoms with van der Waals surface area (Å²) in [5.41, 5.74) is 5.80. The molecule has 2 N–H and O–H groups in total. The number of anilines is 1. The minimum atomic E-state index is 0.0189. The van der Waals surface area contributed by atoms with Crippen molar-refractivity contribution in [2.24, 2.45) is 10.1 Å². The van der Waals surface area contributed by atoms with Crippen molar-refractivity contribution in [3.8, 4) is 0 Å². The van der Waals surface area contributed by atoms with E-state index in [2.05, 4.69) is 20.8 Å². The molecular formula is C14H18N4OS. The van der Waals surface area contributed by atoms with E-state index in [0.717, 1.165) is 34.4 Å². The molecule has 106 valence electrons. The van der Waals surface area contributed by atoms with Gasteiger partial charge in [-0.15, -0.1) is 0 Å². The van der Waals surface area contributed by atoms with Gasteiger partial charge >= 0.3 is 0 Å². The SMILES string of the molecule is CCN=C1NN=C(c2ccc(NC(=O)CC)cc2)CS1. The Morgan fingerprint density at radius 3 is 2.70 bits per heavy atom. The second-order valence-electron chi connectivity index (χ2n) is 4.22. The summed E-state index contributed by atoms with van der Waals surface area (Å²) in [5.74, 6) is 0.817. The Labute approximate surface area is 122 Å². The van der Waals surface area contributed by atoms with E-state index in [-0.39, 0.29) is 5.91 Å². The molecule has 0 bridgehead atoms. The molecule has 2 rings (SSSR count). The van der Waals surface area contributed by atoms with E-state index in [9.17, 15) is 4.79 Å². The lowest BCUT2D eigenvalue weighted by Crippen LogP contribution is -2.25. The molecule has 1 heterocycles. The third-order valence-electron chi connectivity index (χ3n) is 2.76. The quantitative estimate of drug-likeness (QED) is 0.895. The lowest BCUT2D eigenvalue weighted by Gasteiger charge is -2.15. The van der Waals surface area contributed by atoms with Crippen molar-refractivity contribution in [1.82, 2.24) is 5.43 Å². The largest absolute Gasteiger partial charge is 0.326 e. The van der Waals surface area contributed by atoms with Gasteiger partial charge in [0.15, 0.2) is 5.17 Å². The Morgan fingerprint density at radius 1 is 1.40 bits per heavy atom. The number of nitrogens with one attached hydrogen (secondary N) is 2. The molecule has 5 nitrogen and oxygen atoms in total. The number of aliphatic imine (C=N–C) groups is 1. The fourth-order valence-corrected chi connectivity index (χ4v) is 2.52. The summed E-state index contributed by atoms with van der Waals surface area (Å²) in [5, 5.41) is 8.02. The molecule has 1 aromatic carbocycles. The van der Waals surface area contributed by atoms with Crippen LogP contribution >= 0.6 is 11.8 Å². The van der Waals surface area contributed by atoms with Crippen molar-refractivity contribution in [3.63, 3.8) is 0 Å². The van der Waals surface area contributed by atoms with Gasteiger partial charge in [-0.1, -0.05) is 30.8 Å². The van der Waals surface area contributed by atoms with Crippen molar-refractivity contribution in [2.45, 2.75) is 20.3 Å². The molecule has 0 aliphatic carbocycles. The number of benzene rings is 1. The van der Waals surface area contributed by atoms with Gasteiger partial charge < -0.3 is 5.32 Å². The zero-order valence-electron chi connectivity index (χ0n) is 11.6. The average molecular weight is 290 g/mol. The molecule has 0 saturated heterocycles. The molecule has 0 spiro atoms. The van der Waals surface area contributed by atoms with Crippen LogP contribution in [0.5, 0.6) is 0 Å². The third-order valence-corrected chi connectivity index (χ3v) is 3.67. The van der Waals surface area contributed by atoms with Crippen LogP contribution in [0.25, 0.3) is 0 Å². The maximum atomic E-state index is 11.3. The van der Waals surface area contributed by atoms with Crippen molar-refractivity contribution < 1.29 is 4.79 Å². The number of amides is 1. The highest BCUT2D eigenvalue weighted by Crippen LogP contribution is 2.16. The number of hydrogen-bond acceptors (Lipinski definition) is 4.